The number of rotatable bonds is 3. The molecule has 0 fully saturated rings. The van der Waals surface area contributed by atoms with Gasteiger partial charge in [0.25, 0.3) is 5.91 Å². The molecule has 1 aromatic rings. The van der Waals surface area contributed by atoms with Gasteiger partial charge < -0.3 is 4.90 Å². The lowest BCUT2D eigenvalue weighted by molar-refractivity contribution is 0.0784. The Labute approximate surface area is 105 Å². The van der Waals surface area contributed by atoms with E-state index < -0.39 is 0 Å². The molecule has 1 aromatic carbocycles. The van der Waals surface area contributed by atoms with Crippen LogP contribution in [0.25, 0.3) is 0 Å². The standard InChI is InChI=1S/C13H14BrNO/c1-4-8-15(5-2)13(16)12-9-11(14)7-6-10(12)3/h1,6-7,9H,5,8H2,2-3H3. The molecule has 2 nitrogen and oxygen atoms in total. The fraction of sp³-hybridized carbons (Fsp3) is 0.308. The second-order valence-corrected chi connectivity index (χ2v) is 4.40. The number of hydrogen-bond acceptors (Lipinski definition) is 1. The maximum atomic E-state index is 12.1. The van der Waals surface area contributed by atoms with Gasteiger partial charge in [-0.3, -0.25) is 4.79 Å². The second kappa shape index (κ2) is 5.72. The van der Waals surface area contributed by atoms with Gasteiger partial charge >= 0.3 is 0 Å². The highest BCUT2D eigenvalue weighted by Crippen LogP contribution is 2.17. The number of amides is 1. The number of halogens is 1. The van der Waals surface area contributed by atoms with Gasteiger partial charge in [0, 0.05) is 16.6 Å². The number of nitrogens with zero attached hydrogens (tertiary/aromatic N) is 1. The van der Waals surface area contributed by atoms with E-state index in [1.165, 1.54) is 0 Å². The number of aryl methyl sites for hydroxylation is 1. The zero-order valence-corrected chi connectivity index (χ0v) is 11.0. The number of hydrogen-bond donors (Lipinski definition) is 0. The summed E-state index contributed by atoms with van der Waals surface area (Å²) in [5.41, 5.74) is 1.66. The Morgan fingerprint density at radius 1 is 1.56 bits per heavy atom. The monoisotopic (exact) mass is 279 g/mol. The van der Waals surface area contributed by atoms with E-state index in [1.807, 2.05) is 32.0 Å². The number of carbonyl (C=O) groups is 1. The van der Waals surface area contributed by atoms with Gasteiger partial charge in [0.15, 0.2) is 0 Å². The van der Waals surface area contributed by atoms with E-state index in [1.54, 1.807) is 4.90 Å². The summed E-state index contributed by atoms with van der Waals surface area (Å²) in [6, 6.07) is 5.67. The van der Waals surface area contributed by atoms with E-state index in [4.69, 9.17) is 6.42 Å². The van der Waals surface area contributed by atoms with Crippen molar-refractivity contribution in [1.29, 1.82) is 0 Å². The van der Waals surface area contributed by atoms with Crippen LogP contribution in [0.3, 0.4) is 0 Å². The molecule has 0 aliphatic carbocycles. The van der Waals surface area contributed by atoms with Gasteiger partial charge in [0.1, 0.15) is 0 Å². The van der Waals surface area contributed by atoms with Crippen LogP contribution in [0.4, 0.5) is 0 Å². The Bertz CT molecular complexity index is 434. The molecule has 0 radical (unpaired) electrons. The quantitative estimate of drug-likeness (QED) is 0.780. The first-order valence-electron chi connectivity index (χ1n) is 5.09. The first-order valence-corrected chi connectivity index (χ1v) is 5.88. The van der Waals surface area contributed by atoms with Gasteiger partial charge in [-0.15, -0.1) is 6.42 Å². The average Bonchev–Trinajstić information content (AvgIpc) is 2.28. The fourth-order valence-corrected chi connectivity index (χ4v) is 1.79. The highest BCUT2D eigenvalue weighted by molar-refractivity contribution is 9.10. The third-order valence-electron chi connectivity index (χ3n) is 2.38. The molecule has 0 aliphatic rings. The average molecular weight is 280 g/mol. The predicted molar refractivity (Wildman–Crippen MR) is 69.3 cm³/mol. The molecular weight excluding hydrogens is 266 g/mol. The normalized spacial score (nSPS) is 9.62. The summed E-state index contributed by atoms with van der Waals surface area (Å²) in [5.74, 6) is 2.48. The van der Waals surface area contributed by atoms with Gasteiger partial charge in [0.05, 0.1) is 6.54 Å². The molecule has 1 amide bonds. The molecule has 0 bridgehead atoms. The highest BCUT2D eigenvalue weighted by atomic mass is 79.9. The minimum atomic E-state index is -0.0146. The fourth-order valence-electron chi connectivity index (χ4n) is 1.43. The molecule has 0 atom stereocenters. The SMILES string of the molecule is C#CCN(CC)C(=O)c1cc(Br)ccc1C. The summed E-state index contributed by atoms with van der Waals surface area (Å²) in [6.07, 6.45) is 5.24. The Morgan fingerprint density at radius 3 is 2.81 bits per heavy atom. The molecule has 0 aromatic heterocycles. The Balaban J connectivity index is 3.03. The van der Waals surface area contributed by atoms with Crippen LogP contribution in [0.2, 0.25) is 0 Å². The summed E-state index contributed by atoms with van der Waals surface area (Å²) in [5, 5.41) is 0. The molecular formula is C13H14BrNO. The van der Waals surface area contributed by atoms with Crippen LogP contribution in [0.1, 0.15) is 22.8 Å². The van der Waals surface area contributed by atoms with Crippen molar-refractivity contribution in [3.63, 3.8) is 0 Å². The van der Waals surface area contributed by atoms with Crippen molar-refractivity contribution >= 4 is 21.8 Å². The van der Waals surface area contributed by atoms with Crippen molar-refractivity contribution < 1.29 is 4.79 Å². The Kier molecular flexibility index (Phi) is 4.57. The number of benzene rings is 1. The van der Waals surface area contributed by atoms with Gasteiger partial charge in [0.2, 0.25) is 0 Å². The lowest BCUT2D eigenvalue weighted by Crippen LogP contribution is -2.31. The van der Waals surface area contributed by atoms with Crippen molar-refractivity contribution in [2.24, 2.45) is 0 Å². The van der Waals surface area contributed by atoms with E-state index in [2.05, 4.69) is 21.9 Å². The van der Waals surface area contributed by atoms with Crippen LogP contribution < -0.4 is 0 Å². The summed E-state index contributed by atoms with van der Waals surface area (Å²) >= 11 is 3.36. The lowest BCUT2D eigenvalue weighted by atomic mass is 10.1. The Hall–Kier alpha value is -1.27. The number of terminal acetylenes is 1. The molecule has 0 saturated carbocycles. The first-order chi connectivity index (χ1) is 7.60. The highest BCUT2D eigenvalue weighted by Gasteiger charge is 2.15. The summed E-state index contributed by atoms with van der Waals surface area (Å²) < 4.78 is 0.901. The topological polar surface area (TPSA) is 20.3 Å². The Morgan fingerprint density at radius 2 is 2.25 bits per heavy atom. The second-order valence-electron chi connectivity index (χ2n) is 3.48. The van der Waals surface area contributed by atoms with Gasteiger partial charge in [-0.1, -0.05) is 27.9 Å². The van der Waals surface area contributed by atoms with Gasteiger partial charge in [-0.2, -0.15) is 0 Å². The van der Waals surface area contributed by atoms with Crippen LogP contribution in [-0.4, -0.2) is 23.9 Å². The third kappa shape index (κ3) is 2.86. The minimum absolute atomic E-state index is 0.0146. The zero-order valence-electron chi connectivity index (χ0n) is 9.46. The molecule has 0 aliphatic heterocycles. The minimum Gasteiger partial charge on any atom is -0.328 e. The summed E-state index contributed by atoms with van der Waals surface area (Å²) in [6.45, 7) is 4.81. The molecule has 0 saturated heterocycles. The van der Waals surface area contributed by atoms with Crippen LogP contribution in [-0.2, 0) is 0 Å². The van der Waals surface area contributed by atoms with Crippen molar-refractivity contribution in [1.82, 2.24) is 4.90 Å². The molecule has 3 heteroatoms. The number of carbonyl (C=O) groups excluding carboxylic acids is 1. The van der Waals surface area contributed by atoms with Crippen molar-refractivity contribution in [3.05, 3.63) is 33.8 Å². The largest absolute Gasteiger partial charge is 0.328 e. The van der Waals surface area contributed by atoms with Crippen LogP contribution in [0.15, 0.2) is 22.7 Å². The van der Waals surface area contributed by atoms with Gasteiger partial charge in [-0.25, -0.2) is 0 Å². The molecule has 0 N–H and O–H groups in total. The van der Waals surface area contributed by atoms with Crippen LogP contribution in [0.5, 0.6) is 0 Å². The molecule has 0 unspecified atom stereocenters. The molecule has 0 heterocycles. The van der Waals surface area contributed by atoms with Crippen LogP contribution in [0, 0.1) is 19.3 Å². The summed E-state index contributed by atoms with van der Waals surface area (Å²) in [4.78, 5) is 13.8. The third-order valence-corrected chi connectivity index (χ3v) is 2.87. The van der Waals surface area contributed by atoms with Crippen molar-refractivity contribution in [3.8, 4) is 12.3 Å². The maximum absolute atomic E-state index is 12.1. The van der Waals surface area contributed by atoms with E-state index in [9.17, 15) is 4.79 Å². The molecule has 16 heavy (non-hydrogen) atoms. The van der Waals surface area contributed by atoms with Crippen molar-refractivity contribution in [2.45, 2.75) is 13.8 Å². The smallest absolute Gasteiger partial charge is 0.254 e. The van der Waals surface area contributed by atoms with Gasteiger partial charge in [-0.05, 0) is 31.5 Å². The summed E-state index contributed by atoms with van der Waals surface area (Å²) in [7, 11) is 0. The van der Waals surface area contributed by atoms with Crippen molar-refractivity contribution in [2.75, 3.05) is 13.1 Å². The van der Waals surface area contributed by atoms with E-state index in [-0.39, 0.29) is 5.91 Å². The lowest BCUT2D eigenvalue weighted by Gasteiger charge is -2.19. The van der Waals surface area contributed by atoms with E-state index in [0.29, 0.717) is 18.7 Å². The predicted octanol–water partition coefficient (Wildman–Crippen LogP) is 2.85. The van der Waals surface area contributed by atoms with E-state index in [0.717, 1.165) is 10.0 Å². The molecule has 84 valence electrons. The molecule has 1 rings (SSSR count). The van der Waals surface area contributed by atoms with E-state index >= 15 is 0 Å². The van der Waals surface area contributed by atoms with Crippen LogP contribution >= 0.6 is 15.9 Å². The zero-order chi connectivity index (χ0) is 12.1. The first kappa shape index (κ1) is 12.8. The molecule has 0 spiro atoms. The maximum Gasteiger partial charge on any atom is 0.254 e.